The fourth-order valence-corrected chi connectivity index (χ4v) is 3.80. The number of aromatic nitrogens is 3. The van der Waals surface area contributed by atoms with E-state index in [1.807, 2.05) is 30.3 Å². The Bertz CT molecular complexity index is 1120. The molecule has 0 spiro atoms. The molecule has 5 nitrogen and oxygen atoms in total. The lowest BCUT2D eigenvalue weighted by Gasteiger charge is -2.10. The molecule has 0 aliphatic carbocycles. The highest BCUT2D eigenvalue weighted by molar-refractivity contribution is 9.10. The number of hydrogen-bond donors (Lipinski definition) is 1. The zero-order valence-electron chi connectivity index (χ0n) is 15.9. The van der Waals surface area contributed by atoms with Gasteiger partial charge >= 0.3 is 0 Å². The molecule has 4 rings (SSSR count). The van der Waals surface area contributed by atoms with Gasteiger partial charge in [0.1, 0.15) is 5.82 Å². The molecule has 0 radical (unpaired) electrons. The van der Waals surface area contributed by atoms with Gasteiger partial charge in [-0.15, -0.1) is 0 Å². The maximum Gasteiger partial charge on any atom is 0.252 e. The van der Waals surface area contributed by atoms with Gasteiger partial charge in [0.15, 0.2) is 0 Å². The number of hydrogen-bond acceptors (Lipinski definition) is 3. The number of rotatable bonds is 7. The predicted molar refractivity (Wildman–Crippen MR) is 118 cm³/mol. The van der Waals surface area contributed by atoms with Gasteiger partial charge in [-0.25, -0.2) is 4.98 Å². The normalized spacial score (nSPS) is 10.9. The first-order chi connectivity index (χ1) is 14.2. The quantitative estimate of drug-likeness (QED) is 0.420. The van der Waals surface area contributed by atoms with E-state index in [0.717, 1.165) is 40.7 Å². The van der Waals surface area contributed by atoms with Crippen LogP contribution in [0.5, 0.6) is 0 Å². The average molecular weight is 449 g/mol. The summed E-state index contributed by atoms with van der Waals surface area (Å²) < 4.78 is 3.33. The number of nitrogens with one attached hydrogen (secondary N) is 1. The number of para-hydroxylation sites is 2. The van der Waals surface area contributed by atoms with Crippen molar-refractivity contribution in [1.82, 2.24) is 19.9 Å². The molecule has 2 aromatic carbocycles. The highest BCUT2D eigenvalue weighted by atomic mass is 79.9. The first-order valence-electron chi connectivity index (χ1n) is 9.57. The van der Waals surface area contributed by atoms with Crippen molar-refractivity contribution in [2.24, 2.45) is 0 Å². The summed E-state index contributed by atoms with van der Waals surface area (Å²) in [6, 6.07) is 20.1. The Labute approximate surface area is 177 Å². The SMILES string of the molecule is O=C(NCCCc1nc2ccccc2n1Cc1cccc(Br)c1)c1cccnc1. The van der Waals surface area contributed by atoms with E-state index in [-0.39, 0.29) is 5.91 Å². The molecular weight excluding hydrogens is 428 g/mol. The third-order valence-corrected chi connectivity index (χ3v) is 5.24. The van der Waals surface area contributed by atoms with Crippen molar-refractivity contribution >= 4 is 32.9 Å². The van der Waals surface area contributed by atoms with Crippen molar-refractivity contribution in [3.63, 3.8) is 0 Å². The van der Waals surface area contributed by atoms with Crippen LogP contribution in [0.1, 0.15) is 28.2 Å². The second kappa shape index (κ2) is 9.01. The molecule has 0 aliphatic rings. The molecule has 29 heavy (non-hydrogen) atoms. The topological polar surface area (TPSA) is 59.8 Å². The van der Waals surface area contributed by atoms with E-state index in [9.17, 15) is 4.79 Å². The maximum absolute atomic E-state index is 12.2. The van der Waals surface area contributed by atoms with Crippen LogP contribution in [0.25, 0.3) is 11.0 Å². The third kappa shape index (κ3) is 4.71. The van der Waals surface area contributed by atoms with E-state index >= 15 is 0 Å². The number of pyridine rings is 1. The van der Waals surface area contributed by atoms with Crippen LogP contribution in [0.3, 0.4) is 0 Å². The zero-order chi connectivity index (χ0) is 20.1. The van der Waals surface area contributed by atoms with Crippen molar-refractivity contribution in [3.05, 3.63) is 94.5 Å². The van der Waals surface area contributed by atoms with E-state index in [2.05, 4.69) is 49.0 Å². The number of amides is 1. The van der Waals surface area contributed by atoms with Crippen LogP contribution in [-0.4, -0.2) is 27.0 Å². The van der Waals surface area contributed by atoms with Gasteiger partial charge in [0, 0.05) is 36.4 Å². The molecule has 4 aromatic rings. The summed E-state index contributed by atoms with van der Waals surface area (Å²) in [5.41, 5.74) is 3.92. The van der Waals surface area contributed by atoms with Gasteiger partial charge in [-0.05, 0) is 48.4 Å². The fourth-order valence-electron chi connectivity index (χ4n) is 3.36. The molecule has 0 saturated carbocycles. The highest BCUT2D eigenvalue weighted by Crippen LogP contribution is 2.20. The van der Waals surface area contributed by atoms with Crippen molar-refractivity contribution in [2.75, 3.05) is 6.54 Å². The first-order valence-corrected chi connectivity index (χ1v) is 10.4. The Kier molecular flexibility index (Phi) is 6.00. The molecule has 1 amide bonds. The van der Waals surface area contributed by atoms with E-state index in [1.54, 1.807) is 24.5 Å². The maximum atomic E-state index is 12.2. The monoisotopic (exact) mass is 448 g/mol. The number of aryl methyl sites for hydroxylation is 1. The molecule has 0 aliphatic heterocycles. The number of imidazole rings is 1. The lowest BCUT2D eigenvalue weighted by atomic mass is 10.2. The van der Waals surface area contributed by atoms with Crippen LogP contribution < -0.4 is 5.32 Å². The Hall–Kier alpha value is -2.99. The minimum absolute atomic E-state index is 0.0965. The van der Waals surface area contributed by atoms with E-state index < -0.39 is 0 Å². The summed E-state index contributed by atoms with van der Waals surface area (Å²) in [5.74, 6) is 0.933. The fraction of sp³-hybridized carbons (Fsp3) is 0.174. The van der Waals surface area contributed by atoms with Crippen molar-refractivity contribution < 1.29 is 4.79 Å². The Morgan fingerprint density at radius 1 is 1.07 bits per heavy atom. The van der Waals surface area contributed by atoms with Crippen LogP contribution in [0.4, 0.5) is 0 Å². The Morgan fingerprint density at radius 2 is 1.97 bits per heavy atom. The first kappa shape index (κ1) is 19.3. The summed E-state index contributed by atoms with van der Waals surface area (Å²) in [4.78, 5) is 21.0. The van der Waals surface area contributed by atoms with Gasteiger partial charge in [-0.1, -0.05) is 40.2 Å². The molecule has 6 heteroatoms. The van der Waals surface area contributed by atoms with Crippen LogP contribution in [0, 0.1) is 0 Å². The molecule has 0 bridgehead atoms. The third-order valence-electron chi connectivity index (χ3n) is 4.75. The van der Waals surface area contributed by atoms with Gasteiger partial charge in [0.05, 0.1) is 16.6 Å². The molecule has 146 valence electrons. The molecule has 2 aromatic heterocycles. The van der Waals surface area contributed by atoms with Crippen LogP contribution in [-0.2, 0) is 13.0 Å². The summed E-state index contributed by atoms with van der Waals surface area (Å²) >= 11 is 3.55. The second-order valence-electron chi connectivity index (χ2n) is 6.83. The Morgan fingerprint density at radius 3 is 2.79 bits per heavy atom. The highest BCUT2D eigenvalue weighted by Gasteiger charge is 2.11. The number of benzene rings is 2. The van der Waals surface area contributed by atoms with Crippen LogP contribution in [0.2, 0.25) is 0 Å². The van der Waals surface area contributed by atoms with E-state index in [0.29, 0.717) is 12.1 Å². The van der Waals surface area contributed by atoms with Crippen molar-refractivity contribution in [1.29, 1.82) is 0 Å². The van der Waals surface area contributed by atoms with Gasteiger partial charge < -0.3 is 9.88 Å². The molecule has 2 heterocycles. The minimum Gasteiger partial charge on any atom is -0.352 e. The summed E-state index contributed by atoms with van der Waals surface area (Å²) in [6.07, 6.45) is 4.84. The minimum atomic E-state index is -0.0965. The van der Waals surface area contributed by atoms with E-state index in [1.165, 1.54) is 5.56 Å². The largest absolute Gasteiger partial charge is 0.352 e. The zero-order valence-corrected chi connectivity index (χ0v) is 17.5. The van der Waals surface area contributed by atoms with Gasteiger partial charge in [-0.3, -0.25) is 9.78 Å². The number of nitrogens with zero attached hydrogens (tertiary/aromatic N) is 3. The lowest BCUT2D eigenvalue weighted by Crippen LogP contribution is -2.25. The van der Waals surface area contributed by atoms with Crippen molar-refractivity contribution in [2.45, 2.75) is 19.4 Å². The van der Waals surface area contributed by atoms with Gasteiger partial charge in [0.25, 0.3) is 5.91 Å². The molecule has 0 fully saturated rings. The van der Waals surface area contributed by atoms with E-state index in [4.69, 9.17) is 4.98 Å². The van der Waals surface area contributed by atoms with Crippen molar-refractivity contribution in [3.8, 4) is 0 Å². The smallest absolute Gasteiger partial charge is 0.252 e. The summed E-state index contributed by atoms with van der Waals surface area (Å²) in [7, 11) is 0. The average Bonchev–Trinajstić information content (AvgIpc) is 3.09. The van der Waals surface area contributed by atoms with Gasteiger partial charge in [0.2, 0.25) is 0 Å². The number of carbonyl (C=O) groups is 1. The number of carbonyl (C=O) groups excluding carboxylic acids is 1. The van der Waals surface area contributed by atoms with Crippen LogP contribution >= 0.6 is 15.9 Å². The molecule has 0 unspecified atom stereocenters. The summed E-state index contributed by atoms with van der Waals surface area (Å²) in [6.45, 7) is 1.35. The molecule has 0 saturated heterocycles. The molecule has 1 N–H and O–H groups in total. The summed E-state index contributed by atoms with van der Waals surface area (Å²) in [5, 5.41) is 2.96. The van der Waals surface area contributed by atoms with Gasteiger partial charge in [-0.2, -0.15) is 0 Å². The lowest BCUT2D eigenvalue weighted by molar-refractivity contribution is 0.0953. The molecular formula is C23H21BrN4O. The standard InChI is InChI=1S/C23H21BrN4O/c24-19-8-3-6-17(14-19)16-28-21-10-2-1-9-20(21)27-22(28)11-5-13-26-23(29)18-7-4-12-25-15-18/h1-4,6-10,12,14-15H,5,11,13,16H2,(H,26,29). The predicted octanol–water partition coefficient (Wildman–Crippen LogP) is 4.60. The Balaban J connectivity index is 1.46. The van der Waals surface area contributed by atoms with Crippen LogP contribution in [0.15, 0.2) is 77.5 Å². The number of halogens is 1. The molecule has 0 atom stereocenters. The number of fused-ring (bicyclic) bond motifs is 1. The second-order valence-corrected chi connectivity index (χ2v) is 7.75.